The zero-order chi connectivity index (χ0) is 15.3. The summed E-state index contributed by atoms with van der Waals surface area (Å²) in [6.07, 6.45) is -0.514. The van der Waals surface area contributed by atoms with Crippen molar-refractivity contribution in [2.24, 2.45) is 0 Å². The van der Waals surface area contributed by atoms with Crippen LogP contribution in [-0.2, 0) is 0 Å². The van der Waals surface area contributed by atoms with Crippen LogP contribution in [0.4, 0.5) is 5.69 Å². The summed E-state index contributed by atoms with van der Waals surface area (Å²) in [6.45, 7) is 3.01. The van der Waals surface area contributed by atoms with Crippen LogP contribution < -0.4 is 9.22 Å². The first kappa shape index (κ1) is 15.5. The molecule has 2 aromatic rings. The predicted molar refractivity (Wildman–Crippen MR) is 87.6 cm³/mol. The third kappa shape index (κ3) is 4.31. The molecule has 0 fully saturated rings. The Morgan fingerprint density at radius 2 is 1.62 bits per heavy atom. The topological polar surface area (TPSA) is 29.5 Å². The maximum Gasteiger partial charge on any atom is 0.137 e. The number of benzene rings is 2. The van der Waals surface area contributed by atoms with E-state index in [2.05, 4.69) is 33.2 Å². The van der Waals surface area contributed by atoms with Crippen molar-refractivity contribution in [2.75, 3.05) is 27.2 Å². The smallest absolute Gasteiger partial charge is 0.137 e. The number of ether oxygens (including phenoxy) is 1. The standard InChI is InChI=1S/C18H24NO2/c1-15-9-7-8-12-18(15)19(2,3)13-16(20)14-21-17-10-5-4-6-11-17/h4-12,16,20H,13-14H2,1-3H3/q+1. The number of nitrogens with zero attached hydrogens (tertiary/aromatic N) is 1. The molecule has 0 aliphatic heterocycles. The molecule has 1 N–H and O–H groups in total. The number of para-hydroxylation sites is 2. The SMILES string of the molecule is Cc1ccccc1[N+](C)(C)CC(O)COc1ccccc1. The predicted octanol–water partition coefficient (Wildman–Crippen LogP) is 3.00. The Kier molecular flexibility index (Phi) is 4.99. The van der Waals surface area contributed by atoms with Gasteiger partial charge in [0, 0.05) is 5.56 Å². The maximum atomic E-state index is 10.3. The van der Waals surface area contributed by atoms with Crippen LogP contribution in [0.2, 0.25) is 0 Å². The molecule has 21 heavy (non-hydrogen) atoms. The highest BCUT2D eigenvalue weighted by Gasteiger charge is 2.25. The maximum absolute atomic E-state index is 10.3. The van der Waals surface area contributed by atoms with Gasteiger partial charge < -0.3 is 9.84 Å². The highest BCUT2D eigenvalue weighted by atomic mass is 16.5. The van der Waals surface area contributed by atoms with Gasteiger partial charge in [-0.15, -0.1) is 0 Å². The van der Waals surface area contributed by atoms with Gasteiger partial charge in [-0.05, 0) is 25.1 Å². The van der Waals surface area contributed by atoms with E-state index in [-0.39, 0.29) is 0 Å². The highest BCUT2D eigenvalue weighted by Crippen LogP contribution is 2.23. The zero-order valence-electron chi connectivity index (χ0n) is 13.0. The van der Waals surface area contributed by atoms with Gasteiger partial charge in [0.25, 0.3) is 0 Å². The van der Waals surface area contributed by atoms with Gasteiger partial charge in [-0.2, -0.15) is 0 Å². The molecule has 0 bridgehead atoms. The molecule has 0 saturated carbocycles. The van der Waals surface area contributed by atoms with Gasteiger partial charge in [0.05, 0.1) is 14.1 Å². The van der Waals surface area contributed by atoms with Crippen molar-refractivity contribution < 1.29 is 9.84 Å². The van der Waals surface area contributed by atoms with Crippen molar-refractivity contribution in [1.82, 2.24) is 4.48 Å². The lowest BCUT2D eigenvalue weighted by Gasteiger charge is -2.32. The summed E-state index contributed by atoms with van der Waals surface area (Å²) in [5.41, 5.74) is 2.45. The van der Waals surface area contributed by atoms with E-state index in [1.165, 1.54) is 11.3 Å². The van der Waals surface area contributed by atoms with Gasteiger partial charge >= 0.3 is 0 Å². The monoisotopic (exact) mass is 286 g/mol. The first-order chi connectivity index (χ1) is 9.99. The normalized spacial score (nSPS) is 13.0. The highest BCUT2D eigenvalue weighted by molar-refractivity contribution is 5.48. The summed E-state index contributed by atoms with van der Waals surface area (Å²) in [5.74, 6) is 0.790. The van der Waals surface area contributed by atoms with E-state index in [0.29, 0.717) is 17.6 Å². The second kappa shape index (κ2) is 6.74. The molecule has 0 spiro atoms. The second-order valence-electron chi connectivity index (χ2n) is 5.93. The van der Waals surface area contributed by atoms with E-state index in [0.717, 1.165) is 5.75 Å². The molecule has 0 aromatic heterocycles. The molecular formula is C18H24NO2+. The molecule has 3 heteroatoms. The minimum Gasteiger partial charge on any atom is -0.491 e. The Labute approximate surface area is 127 Å². The second-order valence-corrected chi connectivity index (χ2v) is 5.93. The molecule has 2 aromatic carbocycles. The van der Waals surface area contributed by atoms with E-state index >= 15 is 0 Å². The van der Waals surface area contributed by atoms with Crippen LogP contribution >= 0.6 is 0 Å². The number of aryl methyl sites for hydroxylation is 1. The number of hydrogen-bond acceptors (Lipinski definition) is 2. The molecule has 0 aliphatic carbocycles. The average Bonchev–Trinajstić information content (AvgIpc) is 2.46. The minimum atomic E-state index is -0.514. The van der Waals surface area contributed by atoms with Crippen LogP contribution in [0.3, 0.4) is 0 Å². The summed E-state index contributed by atoms with van der Waals surface area (Å²) in [7, 11) is 4.21. The molecule has 0 radical (unpaired) electrons. The van der Waals surface area contributed by atoms with Crippen LogP contribution in [0, 0.1) is 6.92 Å². The van der Waals surface area contributed by atoms with E-state index in [4.69, 9.17) is 4.74 Å². The van der Waals surface area contributed by atoms with E-state index in [1.54, 1.807) is 0 Å². The molecule has 0 heterocycles. The van der Waals surface area contributed by atoms with Crippen LogP contribution in [-0.4, -0.2) is 38.5 Å². The molecule has 1 atom stereocenters. The molecular weight excluding hydrogens is 262 g/mol. The van der Waals surface area contributed by atoms with E-state index < -0.39 is 6.10 Å². The number of rotatable bonds is 6. The van der Waals surface area contributed by atoms with Crippen molar-refractivity contribution in [3.63, 3.8) is 0 Å². The molecule has 0 saturated heterocycles. The minimum absolute atomic E-state index is 0.303. The van der Waals surface area contributed by atoms with Crippen molar-refractivity contribution in [2.45, 2.75) is 13.0 Å². The first-order valence-corrected chi connectivity index (χ1v) is 7.24. The summed E-state index contributed by atoms with van der Waals surface area (Å²) in [5, 5.41) is 10.3. The summed E-state index contributed by atoms with van der Waals surface area (Å²) >= 11 is 0. The molecule has 3 nitrogen and oxygen atoms in total. The van der Waals surface area contributed by atoms with E-state index in [9.17, 15) is 5.11 Å². The Hall–Kier alpha value is -1.84. The number of hydrogen-bond donors (Lipinski definition) is 1. The van der Waals surface area contributed by atoms with Crippen molar-refractivity contribution in [1.29, 1.82) is 0 Å². The van der Waals surface area contributed by atoms with Crippen LogP contribution in [0.15, 0.2) is 54.6 Å². The Balaban J connectivity index is 1.95. The van der Waals surface area contributed by atoms with Gasteiger partial charge in [-0.25, -0.2) is 0 Å². The Morgan fingerprint density at radius 1 is 1.00 bits per heavy atom. The largest absolute Gasteiger partial charge is 0.491 e. The lowest BCUT2D eigenvalue weighted by Crippen LogP contribution is -2.48. The summed E-state index contributed by atoms with van der Waals surface area (Å²) < 4.78 is 6.25. The third-order valence-electron chi connectivity index (χ3n) is 3.62. The number of aliphatic hydroxyl groups excluding tert-OH is 1. The number of aliphatic hydroxyl groups is 1. The molecule has 0 aliphatic rings. The van der Waals surface area contributed by atoms with Crippen molar-refractivity contribution in [3.8, 4) is 5.75 Å². The Bertz CT molecular complexity index is 566. The summed E-state index contributed by atoms with van der Waals surface area (Å²) in [4.78, 5) is 0. The fourth-order valence-corrected chi connectivity index (χ4v) is 2.63. The fourth-order valence-electron chi connectivity index (χ4n) is 2.63. The molecule has 1 unspecified atom stereocenters. The molecule has 2 rings (SSSR count). The fraction of sp³-hybridized carbons (Fsp3) is 0.333. The lowest BCUT2D eigenvalue weighted by molar-refractivity contribution is 0.0839. The van der Waals surface area contributed by atoms with Gasteiger partial charge in [-0.1, -0.05) is 36.4 Å². The quantitative estimate of drug-likeness (QED) is 0.827. The molecule has 112 valence electrons. The van der Waals surface area contributed by atoms with Gasteiger partial charge in [0.15, 0.2) is 0 Å². The van der Waals surface area contributed by atoms with Crippen molar-refractivity contribution >= 4 is 5.69 Å². The van der Waals surface area contributed by atoms with Crippen LogP contribution in [0.1, 0.15) is 5.56 Å². The van der Waals surface area contributed by atoms with Gasteiger partial charge in [0.2, 0.25) is 0 Å². The average molecular weight is 286 g/mol. The van der Waals surface area contributed by atoms with Crippen LogP contribution in [0.25, 0.3) is 0 Å². The first-order valence-electron chi connectivity index (χ1n) is 7.24. The lowest BCUT2D eigenvalue weighted by atomic mass is 10.1. The Morgan fingerprint density at radius 3 is 2.29 bits per heavy atom. The number of likely N-dealkylation sites (N-methyl/N-ethyl adjacent to an activating group) is 1. The van der Waals surface area contributed by atoms with Gasteiger partial charge in [0.1, 0.15) is 30.7 Å². The number of quaternary nitrogens is 1. The third-order valence-corrected chi connectivity index (χ3v) is 3.62. The zero-order valence-corrected chi connectivity index (χ0v) is 13.0. The summed E-state index contributed by atoms with van der Waals surface area (Å²) in [6, 6.07) is 17.9. The van der Waals surface area contributed by atoms with E-state index in [1.807, 2.05) is 42.5 Å². The van der Waals surface area contributed by atoms with Crippen LogP contribution in [0.5, 0.6) is 5.75 Å². The molecule has 0 amide bonds. The van der Waals surface area contributed by atoms with Crippen molar-refractivity contribution in [3.05, 3.63) is 60.2 Å². The van der Waals surface area contributed by atoms with Gasteiger partial charge in [-0.3, -0.25) is 4.48 Å².